The van der Waals surface area contributed by atoms with Crippen molar-refractivity contribution in [1.29, 1.82) is 0 Å². The van der Waals surface area contributed by atoms with Crippen molar-refractivity contribution in [3.8, 4) is 28.1 Å². The average Bonchev–Trinajstić information content (AvgIpc) is 2.75. The Kier molecular flexibility index (Phi) is 6.33. The van der Waals surface area contributed by atoms with Crippen molar-refractivity contribution >= 4 is 54.2 Å². The van der Waals surface area contributed by atoms with Gasteiger partial charge in [-0.25, -0.2) is 32.1 Å². The Labute approximate surface area is 212 Å². The van der Waals surface area contributed by atoms with Crippen molar-refractivity contribution in [2.45, 2.75) is 23.6 Å². The van der Waals surface area contributed by atoms with Crippen LogP contribution in [0.5, 0.6) is 5.75 Å². The summed E-state index contributed by atoms with van der Waals surface area (Å²) in [6.07, 6.45) is 0. The molecule has 35 heavy (non-hydrogen) atoms. The van der Waals surface area contributed by atoms with Gasteiger partial charge in [0.25, 0.3) is 0 Å². The van der Waals surface area contributed by atoms with Gasteiger partial charge in [-0.05, 0) is 54.8 Å². The van der Waals surface area contributed by atoms with Crippen LogP contribution in [-0.2, 0) is 20.0 Å². The molecule has 8 nitrogen and oxygen atoms in total. The summed E-state index contributed by atoms with van der Waals surface area (Å²) in [4.78, 5) is 3.17. The van der Waals surface area contributed by atoms with Gasteiger partial charge in [0.2, 0.25) is 20.0 Å². The maximum absolute atomic E-state index is 12.5. The van der Waals surface area contributed by atoms with Crippen LogP contribution in [-0.4, -0.2) is 26.9 Å². The van der Waals surface area contributed by atoms with Crippen molar-refractivity contribution in [2.24, 2.45) is 10.3 Å². The van der Waals surface area contributed by atoms with Crippen molar-refractivity contribution in [3.05, 3.63) is 69.7 Å². The Balaban J connectivity index is 2.30. The van der Waals surface area contributed by atoms with E-state index in [1.165, 1.54) is 6.07 Å². The first kappa shape index (κ1) is 25.4. The fourth-order valence-corrected chi connectivity index (χ4v) is 5.71. The molecule has 0 saturated carbocycles. The molecule has 0 unspecified atom stereocenters. The molecule has 12 heteroatoms. The molecular formula is C23H19Cl2N3O5S2. The number of fused-ring (bicyclic) bond motifs is 1. The van der Waals surface area contributed by atoms with Crippen LogP contribution in [0, 0.1) is 13.8 Å². The Morgan fingerprint density at radius 1 is 0.771 bits per heavy atom. The molecule has 4 aromatic rings. The number of phenolic OH excluding ortho intramolecular Hbond substituents is 1. The zero-order valence-corrected chi connectivity index (χ0v) is 21.5. The highest BCUT2D eigenvalue weighted by Crippen LogP contribution is 2.43. The third kappa shape index (κ3) is 4.49. The van der Waals surface area contributed by atoms with Crippen LogP contribution in [0.4, 0.5) is 0 Å². The van der Waals surface area contributed by atoms with Crippen molar-refractivity contribution < 1.29 is 21.9 Å². The van der Waals surface area contributed by atoms with Gasteiger partial charge in [-0.1, -0.05) is 47.5 Å². The van der Waals surface area contributed by atoms with Gasteiger partial charge in [-0.3, -0.25) is 0 Å². The van der Waals surface area contributed by atoms with Gasteiger partial charge in [0.15, 0.2) is 5.75 Å². The minimum atomic E-state index is -4.52. The zero-order valence-electron chi connectivity index (χ0n) is 18.4. The average molecular weight is 552 g/mol. The number of nitrogens with zero attached hydrogens (tertiary/aromatic N) is 1. The molecule has 0 spiro atoms. The number of sulfonamides is 2. The third-order valence-electron chi connectivity index (χ3n) is 5.70. The summed E-state index contributed by atoms with van der Waals surface area (Å²) in [7, 11) is -8.98. The van der Waals surface area contributed by atoms with Gasteiger partial charge in [0, 0.05) is 26.6 Å². The molecule has 5 N–H and O–H groups in total. The molecule has 0 bridgehead atoms. The number of pyridine rings is 1. The van der Waals surface area contributed by atoms with E-state index in [9.17, 15) is 21.9 Å². The molecule has 0 atom stereocenters. The van der Waals surface area contributed by atoms with E-state index in [1.807, 2.05) is 0 Å². The van der Waals surface area contributed by atoms with Crippen LogP contribution in [0.15, 0.2) is 58.3 Å². The predicted octanol–water partition coefficient (Wildman–Crippen LogP) is 4.49. The highest BCUT2D eigenvalue weighted by Gasteiger charge is 2.27. The number of phenols is 1. The molecule has 4 rings (SSSR count). The Morgan fingerprint density at radius 3 is 1.83 bits per heavy atom. The number of aromatic hydroxyl groups is 1. The largest absolute Gasteiger partial charge is 0.504 e. The smallest absolute Gasteiger partial charge is 0.241 e. The molecule has 1 aromatic heterocycles. The Morgan fingerprint density at radius 2 is 1.29 bits per heavy atom. The minimum absolute atomic E-state index is 0.0878. The van der Waals surface area contributed by atoms with E-state index in [4.69, 9.17) is 33.5 Å². The molecule has 0 amide bonds. The SMILES string of the molecule is Cc1c(Cl)cccc1-c1cc2c(S(N)(=O)=O)cc(S(N)(=O)=O)c(O)c2nc1-c1cccc(Cl)c1C. The van der Waals surface area contributed by atoms with Crippen LogP contribution in [0.3, 0.4) is 0 Å². The molecule has 0 aliphatic rings. The van der Waals surface area contributed by atoms with E-state index < -0.39 is 35.6 Å². The number of hydrogen-bond donors (Lipinski definition) is 3. The molecule has 0 saturated heterocycles. The first-order chi connectivity index (χ1) is 16.2. The normalized spacial score (nSPS) is 12.3. The summed E-state index contributed by atoms with van der Waals surface area (Å²) in [5.74, 6) is -0.801. The van der Waals surface area contributed by atoms with Crippen LogP contribution in [0.1, 0.15) is 11.1 Å². The lowest BCUT2D eigenvalue weighted by molar-refractivity contribution is 0.463. The molecule has 0 fully saturated rings. The van der Waals surface area contributed by atoms with Crippen molar-refractivity contribution in [2.75, 3.05) is 0 Å². The van der Waals surface area contributed by atoms with Gasteiger partial charge in [-0.2, -0.15) is 0 Å². The lowest BCUT2D eigenvalue weighted by Gasteiger charge is -2.18. The molecule has 1 heterocycles. The highest BCUT2D eigenvalue weighted by molar-refractivity contribution is 7.90. The molecular weight excluding hydrogens is 533 g/mol. The zero-order chi connectivity index (χ0) is 25.9. The number of hydrogen-bond acceptors (Lipinski definition) is 6. The van der Waals surface area contributed by atoms with Crippen molar-refractivity contribution in [1.82, 2.24) is 4.98 Å². The number of halogens is 2. The monoisotopic (exact) mass is 551 g/mol. The predicted molar refractivity (Wildman–Crippen MR) is 137 cm³/mol. The fourth-order valence-electron chi connectivity index (χ4n) is 3.89. The third-order valence-corrected chi connectivity index (χ3v) is 8.40. The molecule has 0 aliphatic heterocycles. The summed E-state index contributed by atoms with van der Waals surface area (Å²) in [6.45, 7) is 3.56. The Bertz CT molecular complexity index is 1760. The van der Waals surface area contributed by atoms with Gasteiger partial charge in [0.1, 0.15) is 10.4 Å². The second kappa shape index (κ2) is 8.74. The number of nitrogens with two attached hydrogens (primary N) is 2. The summed E-state index contributed by atoms with van der Waals surface area (Å²) in [5.41, 5.74) is 3.04. The van der Waals surface area contributed by atoms with Gasteiger partial charge in [0.05, 0.1) is 10.6 Å². The summed E-state index contributed by atoms with van der Waals surface area (Å²) in [5, 5.41) is 22.3. The van der Waals surface area contributed by atoms with Gasteiger partial charge in [-0.15, -0.1) is 0 Å². The summed E-state index contributed by atoms with van der Waals surface area (Å²) < 4.78 is 49.2. The number of aromatic nitrogens is 1. The van der Waals surface area contributed by atoms with E-state index >= 15 is 0 Å². The quantitative estimate of drug-likeness (QED) is 0.339. The van der Waals surface area contributed by atoms with E-state index in [-0.39, 0.29) is 10.9 Å². The number of rotatable bonds is 4. The van der Waals surface area contributed by atoms with E-state index in [1.54, 1.807) is 50.2 Å². The minimum Gasteiger partial charge on any atom is -0.504 e. The van der Waals surface area contributed by atoms with E-state index in [0.717, 1.165) is 6.07 Å². The van der Waals surface area contributed by atoms with Crippen LogP contribution >= 0.6 is 23.2 Å². The standard InChI is InChI=1S/C23H19Cl2N3O5S2/c1-11-13(5-3-7-17(11)24)15-9-16-19(34(26,30)31)10-20(35(27,32)33)23(29)22(16)28-21(15)14-6-4-8-18(25)12(14)2/h3-10,29H,1-2H3,(H2,26,30,31)(H2,27,32,33). The second-order valence-corrected chi connectivity index (χ2v) is 11.8. The van der Waals surface area contributed by atoms with Crippen LogP contribution in [0.2, 0.25) is 10.0 Å². The lowest BCUT2D eigenvalue weighted by Crippen LogP contribution is -2.17. The Hall–Kier alpha value is -2.73. The maximum atomic E-state index is 12.5. The molecule has 0 radical (unpaired) electrons. The van der Waals surface area contributed by atoms with E-state index in [0.29, 0.717) is 43.6 Å². The lowest BCUT2D eigenvalue weighted by atomic mass is 9.92. The summed E-state index contributed by atoms with van der Waals surface area (Å²) in [6, 6.07) is 12.6. The summed E-state index contributed by atoms with van der Waals surface area (Å²) >= 11 is 12.7. The number of benzene rings is 3. The molecule has 0 aliphatic carbocycles. The first-order valence-electron chi connectivity index (χ1n) is 9.99. The molecule has 3 aromatic carbocycles. The highest BCUT2D eigenvalue weighted by atomic mass is 35.5. The van der Waals surface area contributed by atoms with Crippen LogP contribution in [0.25, 0.3) is 33.3 Å². The van der Waals surface area contributed by atoms with Crippen molar-refractivity contribution in [3.63, 3.8) is 0 Å². The molecule has 182 valence electrons. The second-order valence-electron chi connectivity index (χ2n) is 7.92. The number of primary sulfonamides is 2. The maximum Gasteiger partial charge on any atom is 0.241 e. The fraction of sp³-hybridized carbons (Fsp3) is 0.0870. The van der Waals surface area contributed by atoms with Gasteiger partial charge < -0.3 is 5.11 Å². The van der Waals surface area contributed by atoms with Gasteiger partial charge >= 0.3 is 0 Å². The van der Waals surface area contributed by atoms with E-state index in [2.05, 4.69) is 4.98 Å². The first-order valence-corrected chi connectivity index (χ1v) is 13.8. The van der Waals surface area contributed by atoms with Crippen LogP contribution < -0.4 is 10.3 Å². The topological polar surface area (TPSA) is 153 Å².